The van der Waals surface area contributed by atoms with Crippen LogP contribution in [0.5, 0.6) is 0 Å². The van der Waals surface area contributed by atoms with Crippen LogP contribution < -0.4 is 5.32 Å². The van der Waals surface area contributed by atoms with E-state index in [4.69, 9.17) is 0 Å². The number of para-hydroxylation sites is 2. The lowest BCUT2D eigenvalue weighted by atomic mass is 10.0. The van der Waals surface area contributed by atoms with E-state index >= 15 is 0 Å². The number of carbonyl (C=O) groups excluding carboxylic acids is 1. The second-order valence-electron chi connectivity index (χ2n) is 6.18. The molecule has 2 aromatic heterocycles. The van der Waals surface area contributed by atoms with E-state index in [-0.39, 0.29) is 18.0 Å². The van der Waals surface area contributed by atoms with E-state index in [2.05, 4.69) is 16.4 Å². The topological polar surface area (TPSA) is 46.9 Å². The van der Waals surface area contributed by atoms with Gasteiger partial charge < -0.3 is 9.88 Å². The van der Waals surface area contributed by atoms with Crippen molar-refractivity contribution < 1.29 is 4.79 Å². The first kappa shape index (κ1) is 16.5. The molecule has 5 heteroatoms. The molecule has 0 bridgehead atoms. The molecule has 1 amide bonds. The van der Waals surface area contributed by atoms with Crippen LogP contribution in [0.4, 0.5) is 0 Å². The summed E-state index contributed by atoms with van der Waals surface area (Å²) in [7, 11) is 0. The van der Waals surface area contributed by atoms with Crippen molar-refractivity contribution in [2.75, 3.05) is 0 Å². The molecule has 1 N–H and O–H groups in total. The number of imidazole rings is 1. The van der Waals surface area contributed by atoms with Crippen LogP contribution in [-0.2, 0) is 4.79 Å². The van der Waals surface area contributed by atoms with Gasteiger partial charge in [0, 0.05) is 4.88 Å². The fraction of sp³-hybridized carbons (Fsp3) is 0.143. The van der Waals surface area contributed by atoms with Gasteiger partial charge in [0.05, 0.1) is 23.4 Å². The van der Waals surface area contributed by atoms with E-state index in [0.717, 1.165) is 21.5 Å². The Morgan fingerprint density at radius 3 is 2.58 bits per heavy atom. The van der Waals surface area contributed by atoms with Gasteiger partial charge in [-0.25, -0.2) is 4.98 Å². The number of carbonyl (C=O) groups is 1. The van der Waals surface area contributed by atoms with Crippen molar-refractivity contribution in [3.63, 3.8) is 0 Å². The number of thiophene rings is 1. The highest BCUT2D eigenvalue weighted by molar-refractivity contribution is 7.10. The van der Waals surface area contributed by atoms with Gasteiger partial charge in [-0.05, 0) is 36.1 Å². The first-order chi connectivity index (χ1) is 12.7. The third kappa shape index (κ3) is 3.13. The maximum atomic E-state index is 13.0. The predicted octanol–water partition coefficient (Wildman–Crippen LogP) is 4.56. The zero-order valence-electron chi connectivity index (χ0n) is 14.4. The summed E-state index contributed by atoms with van der Waals surface area (Å²) in [6.45, 7) is 1.90. The van der Waals surface area contributed by atoms with Gasteiger partial charge in [0.2, 0.25) is 5.91 Å². The molecule has 4 nitrogen and oxygen atoms in total. The van der Waals surface area contributed by atoms with Crippen molar-refractivity contribution in [3.05, 3.63) is 88.9 Å². The molecule has 2 heterocycles. The molecule has 4 aromatic rings. The molecule has 26 heavy (non-hydrogen) atoms. The summed E-state index contributed by atoms with van der Waals surface area (Å²) >= 11 is 1.65. The molecule has 0 fully saturated rings. The van der Waals surface area contributed by atoms with Gasteiger partial charge in [-0.1, -0.05) is 48.5 Å². The van der Waals surface area contributed by atoms with Crippen LogP contribution in [0.1, 0.15) is 29.4 Å². The smallest absolute Gasteiger partial charge is 0.243 e. The van der Waals surface area contributed by atoms with Crippen molar-refractivity contribution in [1.29, 1.82) is 0 Å². The molecule has 0 unspecified atom stereocenters. The van der Waals surface area contributed by atoms with E-state index in [9.17, 15) is 4.79 Å². The average molecular weight is 361 g/mol. The monoisotopic (exact) mass is 361 g/mol. The van der Waals surface area contributed by atoms with Crippen LogP contribution in [0.3, 0.4) is 0 Å². The molecular weight excluding hydrogens is 342 g/mol. The largest absolute Gasteiger partial charge is 0.343 e. The third-order valence-corrected chi connectivity index (χ3v) is 5.46. The first-order valence-electron chi connectivity index (χ1n) is 8.54. The number of hydrogen-bond donors (Lipinski definition) is 1. The molecule has 130 valence electrons. The average Bonchev–Trinajstić information content (AvgIpc) is 3.36. The number of amides is 1. The standard InChI is InChI=1S/C21H19N3OS/c1-15(24-14-22-17-10-5-6-11-18(17)24)21(25)23-20(19-12-7-13-26-19)16-8-3-2-4-9-16/h2-15,20H,1H3,(H,23,25)/t15-,20-/m1/s1. The molecular formula is C21H19N3OS. The maximum Gasteiger partial charge on any atom is 0.243 e. The molecule has 0 aliphatic heterocycles. The third-order valence-electron chi connectivity index (χ3n) is 4.53. The molecule has 0 saturated carbocycles. The minimum atomic E-state index is -0.353. The van der Waals surface area contributed by atoms with Crippen LogP contribution in [0.2, 0.25) is 0 Å². The minimum Gasteiger partial charge on any atom is -0.343 e. The Kier molecular flexibility index (Phi) is 4.54. The summed E-state index contributed by atoms with van der Waals surface area (Å²) in [4.78, 5) is 18.5. The zero-order valence-corrected chi connectivity index (χ0v) is 15.2. The van der Waals surface area contributed by atoms with Crippen molar-refractivity contribution in [2.45, 2.75) is 19.0 Å². The Balaban J connectivity index is 1.62. The fourth-order valence-corrected chi connectivity index (χ4v) is 3.90. The number of rotatable bonds is 5. The van der Waals surface area contributed by atoms with E-state index in [1.54, 1.807) is 17.7 Å². The molecule has 0 saturated heterocycles. The van der Waals surface area contributed by atoms with E-state index < -0.39 is 0 Å². The summed E-state index contributed by atoms with van der Waals surface area (Å²) in [6.07, 6.45) is 1.73. The number of nitrogens with one attached hydrogen (secondary N) is 1. The van der Waals surface area contributed by atoms with Gasteiger partial charge in [-0.2, -0.15) is 0 Å². The Labute approximate surface area is 156 Å². The van der Waals surface area contributed by atoms with Crippen LogP contribution in [0, 0.1) is 0 Å². The molecule has 0 radical (unpaired) electrons. The summed E-state index contributed by atoms with van der Waals surface area (Å²) in [5.41, 5.74) is 2.93. The number of hydrogen-bond acceptors (Lipinski definition) is 3. The second-order valence-corrected chi connectivity index (χ2v) is 7.16. The molecule has 0 aliphatic rings. The van der Waals surface area contributed by atoms with Crippen molar-refractivity contribution in [1.82, 2.24) is 14.9 Å². The van der Waals surface area contributed by atoms with Crippen molar-refractivity contribution in [3.8, 4) is 0 Å². The lowest BCUT2D eigenvalue weighted by molar-refractivity contribution is -0.124. The first-order valence-corrected chi connectivity index (χ1v) is 9.42. The SMILES string of the molecule is C[C@H](C(=O)N[C@H](c1ccccc1)c1cccs1)n1cnc2ccccc21. The highest BCUT2D eigenvalue weighted by Gasteiger charge is 2.23. The number of benzene rings is 2. The van der Waals surface area contributed by atoms with Gasteiger partial charge in [0.1, 0.15) is 6.04 Å². The second kappa shape index (κ2) is 7.14. The highest BCUT2D eigenvalue weighted by Crippen LogP contribution is 2.27. The summed E-state index contributed by atoms with van der Waals surface area (Å²) < 4.78 is 1.92. The number of aromatic nitrogens is 2. The predicted molar refractivity (Wildman–Crippen MR) is 105 cm³/mol. The van der Waals surface area contributed by atoms with Crippen molar-refractivity contribution in [2.24, 2.45) is 0 Å². The fourth-order valence-electron chi connectivity index (χ4n) is 3.10. The number of fused-ring (bicyclic) bond motifs is 1. The van der Waals surface area contributed by atoms with Gasteiger partial charge >= 0.3 is 0 Å². The van der Waals surface area contributed by atoms with Crippen LogP contribution in [0.15, 0.2) is 78.4 Å². The lowest BCUT2D eigenvalue weighted by Gasteiger charge is -2.21. The van der Waals surface area contributed by atoms with Crippen LogP contribution in [0.25, 0.3) is 11.0 Å². The van der Waals surface area contributed by atoms with Gasteiger partial charge in [0.15, 0.2) is 0 Å². The van der Waals surface area contributed by atoms with Crippen LogP contribution >= 0.6 is 11.3 Å². The minimum absolute atomic E-state index is 0.0320. The summed E-state index contributed by atoms with van der Waals surface area (Å²) in [6, 6.07) is 21.5. The highest BCUT2D eigenvalue weighted by atomic mass is 32.1. The van der Waals surface area contributed by atoms with Crippen molar-refractivity contribution >= 4 is 28.3 Å². The molecule has 0 spiro atoms. The Morgan fingerprint density at radius 1 is 1.04 bits per heavy atom. The Hall–Kier alpha value is -2.92. The maximum absolute atomic E-state index is 13.0. The van der Waals surface area contributed by atoms with E-state index in [1.807, 2.05) is 77.5 Å². The zero-order chi connectivity index (χ0) is 17.9. The molecule has 2 aromatic carbocycles. The normalized spacial score (nSPS) is 13.4. The molecule has 4 rings (SSSR count). The quantitative estimate of drug-likeness (QED) is 0.566. The van der Waals surface area contributed by atoms with Gasteiger partial charge in [-0.15, -0.1) is 11.3 Å². The van der Waals surface area contributed by atoms with E-state index in [1.165, 1.54) is 0 Å². The molecule has 0 aliphatic carbocycles. The summed E-state index contributed by atoms with van der Waals surface area (Å²) in [5, 5.41) is 5.24. The lowest BCUT2D eigenvalue weighted by Crippen LogP contribution is -2.34. The van der Waals surface area contributed by atoms with Crippen LogP contribution in [-0.4, -0.2) is 15.5 Å². The van der Waals surface area contributed by atoms with E-state index in [0.29, 0.717) is 0 Å². The Bertz CT molecular complexity index is 1010. The summed E-state index contributed by atoms with van der Waals surface area (Å²) in [5.74, 6) is -0.0320. The van der Waals surface area contributed by atoms with Gasteiger partial charge in [0.25, 0.3) is 0 Å². The van der Waals surface area contributed by atoms with Gasteiger partial charge in [-0.3, -0.25) is 4.79 Å². The molecule has 2 atom stereocenters. The Morgan fingerprint density at radius 2 is 1.81 bits per heavy atom. The number of nitrogens with zero attached hydrogens (tertiary/aromatic N) is 2.